The smallest absolute Gasteiger partial charge is 0.232 e. The molecule has 1 aromatic heterocycles. The van der Waals surface area contributed by atoms with Crippen LogP contribution in [-0.2, 0) is 0 Å². The molecule has 18 heavy (non-hydrogen) atoms. The zero-order chi connectivity index (χ0) is 13.1. The first-order valence-electron chi connectivity index (χ1n) is 6.69. The van der Waals surface area contributed by atoms with Gasteiger partial charge in [-0.3, -0.25) is 9.58 Å². The molecule has 1 aliphatic rings. The predicted octanol–water partition coefficient (Wildman–Crippen LogP) is 1.22. The normalized spacial score (nSPS) is 22.3. The molecule has 0 aliphatic carbocycles. The highest BCUT2D eigenvalue weighted by Gasteiger charge is 2.23. The summed E-state index contributed by atoms with van der Waals surface area (Å²) in [5.41, 5.74) is 1.12. The summed E-state index contributed by atoms with van der Waals surface area (Å²) in [6.07, 6.45) is 0.726. The number of ether oxygens (including phenoxy) is 1. The van der Waals surface area contributed by atoms with Crippen LogP contribution in [0.3, 0.4) is 0 Å². The first-order valence-corrected chi connectivity index (χ1v) is 6.69. The standard InChI is InChI=1S/C13H23N3O2/c1-4-18-13-7-10(2)16(14-13)11(3)8-15-6-5-12(17)9-15/h7,11-12,17H,4-6,8-9H2,1-3H3. The largest absolute Gasteiger partial charge is 0.477 e. The Morgan fingerprint density at radius 2 is 2.39 bits per heavy atom. The monoisotopic (exact) mass is 253 g/mol. The average Bonchev–Trinajstić information content (AvgIpc) is 2.86. The van der Waals surface area contributed by atoms with Crippen LogP contribution in [0.15, 0.2) is 6.07 Å². The van der Waals surface area contributed by atoms with Gasteiger partial charge in [0, 0.05) is 31.4 Å². The molecule has 0 aromatic carbocycles. The van der Waals surface area contributed by atoms with Crippen molar-refractivity contribution in [1.29, 1.82) is 0 Å². The number of likely N-dealkylation sites (tertiary alicyclic amines) is 1. The van der Waals surface area contributed by atoms with Gasteiger partial charge in [0.2, 0.25) is 5.88 Å². The van der Waals surface area contributed by atoms with Gasteiger partial charge in [-0.15, -0.1) is 5.10 Å². The lowest BCUT2D eigenvalue weighted by Gasteiger charge is -2.21. The van der Waals surface area contributed by atoms with Crippen molar-refractivity contribution in [1.82, 2.24) is 14.7 Å². The van der Waals surface area contributed by atoms with E-state index in [2.05, 4.69) is 16.9 Å². The maximum absolute atomic E-state index is 9.53. The fourth-order valence-electron chi connectivity index (χ4n) is 2.55. The Labute approximate surface area is 108 Å². The van der Waals surface area contributed by atoms with Crippen LogP contribution in [0, 0.1) is 6.92 Å². The molecular formula is C13H23N3O2. The van der Waals surface area contributed by atoms with Gasteiger partial charge in [0.15, 0.2) is 0 Å². The molecule has 1 N–H and O–H groups in total. The van der Waals surface area contributed by atoms with E-state index in [1.807, 2.05) is 24.6 Å². The molecule has 5 heteroatoms. The SMILES string of the molecule is CCOc1cc(C)n(C(C)CN2CCC(O)C2)n1. The Hall–Kier alpha value is -1.07. The summed E-state index contributed by atoms with van der Waals surface area (Å²) in [4.78, 5) is 2.29. The topological polar surface area (TPSA) is 50.5 Å². The molecule has 2 heterocycles. The van der Waals surface area contributed by atoms with Crippen LogP contribution >= 0.6 is 0 Å². The lowest BCUT2D eigenvalue weighted by Crippen LogP contribution is -2.29. The van der Waals surface area contributed by atoms with Crippen LogP contribution in [0.4, 0.5) is 0 Å². The van der Waals surface area contributed by atoms with Gasteiger partial charge in [-0.05, 0) is 27.2 Å². The highest BCUT2D eigenvalue weighted by atomic mass is 16.5. The van der Waals surface area contributed by atoms with E-state index in [0.717, 1.165) is 31.7 Å². The van der Waals surface area contributed by atoms with E-state index in [9.17, 15) is 5.11 Å². The number of aliphatic hydroxyl groups is 1. The van der Waals surface area contributed by atoms with Crippen molar-refractivity contribution in [2.45, 2.75) is 39.3 Å². The Bertz CT molecular complexity index is 392. The zero-order valence-electron chi connectivity index (χ0n) is 11.5. The molecule has 5 nitrogen and oxygen atoms in total. The maximum atomic E-state index is 9.53. The van der Waals surface area contributed by atoms with Crippen LogP contribution in [0.5, 0.6) is 5.88 Å². The molecular weight excluding hydrogens is 230 g/mol. The molecule has 1 aliphatic heterocycles. The average molecular weight is 253 g/mol. The molecule has 1 saturated heterocycles. The summed E-state index contributed by atoms with van der Waals surface area (Å²) in [5, 5.41) is 14.0. The predicted molar refractivity (Wildman–Crippen MR) is 69.9 cm³/mol. The Balaban J connectivity index is 1.97. The van der Waals surface area contributed by atoms with Crippen molar-refractivity contribution in [3.05, 3.63) is 11.8 Å². The Morgan fingerprint density at radius 3 is 3.00 bits per heavy atom. The summed E-state index contributed by atoms with van der Waals surface area (Å²) >= 11 is 0. The van der Waals surface area contributed by atoms with Crippen LogP contribution in [-0.4, -0.2) is 52.1 Å². The van der Waals surface area contributed by atoms with Gasteiger partial charge in [0.05, 0.1) is 18.8 Å². The van der Waals surface area contributed by atoms with Crippen molar-refractivity contribution in [2.24, 2.45) is 0 Å². The quantitative estimate of drug-likeness (QED) is 0.857. The molecule has 2 atom stereocenters. The van der Waals surface area contributed by atoms with Crippen molar-refractivity contribution in [3.63, 3.8) is 0 Å². The summed E-state index contributed by atoms with van der Waals surface area (Å²) in [7, 11) is 0. The van der Waals surface area contributed by atoms with Gasteiger partial charge < -0.3 is 9.84 Å². The number of hydrogen-bond donors (Lipinski definition) is 1. The molecule has 0 amide bonds. The number of nitrogens with zero attached hydrogens (tertiary/aromatic N) is 3. The molecule has 0 bridgehead atoms. The second-order valence-electron chi connectivity index (χ2n) is 5.05. The first kappa shape index (κ1) is 13.4. The second-order valence-corrected chi connectivity index (χ2v) is 5.05. The van der Waals surface area contributed by atoms with E-state index < -0.39 is 0 Å². The van der Waals surface area contributed by atoms with Gasteiger partial charge in [-0.1, -0.05) is 0 Å². The third-order valence-corrected chi connectivity index (χ3v) is 3.38. The maximum Gasteiger partial charge on any atom is 0.232 e. The summed E-state index contributed by atoms with van der Waals surface area (Å²) in [6, 6.07) is 2.27. The summed E-state index contributed by atoms with van der Waals surface area (Å²) in [6.45, 7) is 9.48. The summed E-state index contributed by atoms with van der Waals surface area (Å²) < 4.78 is 7.43. The van der Waals surface area contributed by atoms with E-state index in [4.69, 9.17) is 4.74 Å². The molecule has 1 aromatic rings. The van der Waals surface area contributed by atoms with Crippen LogP contribution < -0.4 is 4.74 Å². The minimum Gasteiger partial charge on any atom is -0.477 e. The van der Waals surface area contributed by atoms with E-state index in [1.165, 1.54) is 0 Å². The number of aromatic nitrogens is 2. The fourth-order valence-corrected chi connectivity index (χ4v) is 2.55. The van der Waals surface area contributed by atoms with Crippen molar-refractivity contribution >= 4 is 0 Å². The van der Waals surface area contributed by atoms with Gasteiger partial charge in [0.25, 0.3) is 0 Å². The number of hydrogen-bond acceptors (Lipinski definition) is 4. The van der Waals surface area contributed by atoms with E-state index >= 15 is 0 Å². The van der Waals surface area contributed by atoms with E-state index in [-0.39, 0.29) is 6.10 Å². The van der Waals surface area contributed by atoms with Crippen molar-refractivity contribution in [2.75, 3.05) is 26.2 Å². The number of aliphatic hydroxyl groups excluding tert-OH is 1. The molecule has 0 spiro atoms. The van der Waals surface area contributed by atoms with Crippen molar-refractivity contribution < 1.29 is 9.84 Å². The Kier molecular flexibility index (Phi) is 4.24. The summed E-state index contributed by atoms with van der Waals surface area (Å²) in [5.74, 6) is 0.698. The minimum atomic E-state index is -0.157. The first-order chi connectivity index (χ1) is 8.60. The van der Waals surface area contributed by atoms with Crippen LogP contribution in [0.1, 0.15) is 32.0 Å². The highest BCUT2D eigenvalue weighted by Crippen LogP contribution is 2.19. The molecule has 0 saturated carbocycles. The lowest BCUT2D eigenvalue weighted by atomic mass is 10.3. The van der Waals surface area contributed by atoms with Crippen molar-refractivity contribution in [3.8, 4) is 5.88 Å². The lowest BCUT2D eigenvalue weighted by molar-refractivity contribution is 0.170. The van der Waals surface area contributed by atoms with Gasteiger partial charge in [0.1, 0.15) is 0 Å². The minimum absolute atomic E-state index is 0.157. The third-order valence-electron chi connectivity index (χ3n) is 3.38. The van der Waals surface area contributed by atoms with Crippen LogP contribution in [0.2, 0.25) is 0 Å². The highest BCUT2D eigenvalue weighted by molar-refractivity contribution is 5.14. The molecule has 0 radical (unpaired) electrons. The van der Waals surface area contributed by atoms with E-state index in [0.29, 0.717) is 18.5 Å². The van der Waals surface area contributed by atoms with Gasteiger partial charge in [-0.2, -0.15) is 0 Å². The number of aryl methyl sites for hydroxylation is 1. The number of β-amino-alcohol motifs (C(OH)–C–C–N with tert-alkyl or cyclic N) is 1. The van der Waals surface area contributed by atoms with E-state index in [1.54, 1.807) is 0 Å². The second kappa shape index (κ2) is 5.71. The molecule has 102 valence electrons. The number of rotatable bonds is 5. The molecule has 2 unspecified atom stereocenters. The zero-order valence-corrected chi connectivity index (χ0v) is 11.5. The Morgan fingerprint density at radius 1 is 1.61 bits per heavy atom. The molecule has 1 fully saturated rings. The van der Waals surface area contributed by atoms with Crippen LogP contribution in [0.25, 0.3) is 0 Å². The third kappa shape index (κ3) is 3.03. The fraction of sp³-hybridized carbons (Fsp3) is 0.769. The van der Waals surface area contributed by atoms with Gasteiger partial charge in [-0.25, -0.2) is 0 Å². The molecule has 2 rings (SSSR count). The van der Waals surface area contributed by atoms with Gasteiger partial charge >= 0.3 is 0 Å².